The second kappa shape index (κ2) is 13.2. The standard InChI is InChI=1S/C12H15ClN2O5.C2H2Cl2O2/c1-14(2)11(16)15(20-12(17)19-8-13)9-4-6-10(18-3)7-5-9;3-1-6-2(4)5/h4-7H,8H2,1-3H3;1H2. The number of alkyl halides is 2. The van der Waals surface area contributed by atoms with Crippen molar-refractivity contribution in [3.63, 3.8) is 0 Å². The Morgan fingerprint density at radius 3 is 1.88 bits per heavy atom. The first-order chi connectivity index (χ1) is 12.3. The van der Waals surface area contributed by atoms with Crippen molar-refractivity contribution < 1.29 is 33.4 Å². The number of methoxy groups -OCH3 is 1. The van der Waals surface area contributed by atoms with E-state index in [0.29, 0.717) is 11.4 Å². The molecule has 9 nitrogen and oxygen atoms in total. The predicted octanol–water partition coefficient (Wildman–Crippen LogP) is 4.01. The fourth-order valence-electron chi connectivity index (χ4n) is 1.29. The van der Waals surface area contributed by atoms with Crippen molar-refractivity contribution in [1.82, 2.24) is 4.90 Å². The van der Waals surface area contributed by atoms with E-state index in [2.05, 4.69) is 21.1 Å². The smallest absolute Gasteiger partial charge is 0.497 e. The van der Waals surface area contributed by atoms with Gasteiger partial charge < -0.3 is 19.1 Å². The Morgan fingerprint density at radius 2 is 1.54 bits per heavy atom. The van der Waals surface area contributed by atoms with E-state index >= 15 is 0 Å². The maximum absolute atomic E-state index is 12.0. The van der Waals surface area contributed by atoms with E-state index in [-0.39, 0.29) is 12.1 Å². The van der Waals surface area contributed by atoms with Gasteiger partial charge in [-0.1, -0.05) is 23.2 Å². The Labute approximate surface area is 165 Å². The van der Waals surface area contributed by atoms with Crippen LogP contribution in [0.4, 0.5) is 20.1 Å². The lowest BCUT2D eigenvalue weighted by atomic mass is 10.3. The number of amides is 2. The van der Waals surface area contributed by atoms with Gasteiger partial charge in [0.1, 0.15) is 5.75 Å². The molecule has 0 atom stereocenters. The fourth-order valence-corrected chi connectivity index (χ4v) is 1.59. The van der Waals surface area contributed by atoms with Gasteiger partial charge in [-0.05, 0) is 24.3 Å². The van der Waals surface area contributed by atoms with Gasteiger partial charge in [0, 0.05) is 25.7 Å². The molecule has 0 radical (unpaired) electrons. The van der Waals surface area contributed by atoms with Crippen molar-refractivity contribution in [2.24, 2.45) is 0 Å². The van der Waals surface area contributed by atoms with E-state index in [0.717, 1.165) is 5.06 Å². The first-order valence-corrected chi connectivity index (χ1v) is 8.15. The molecule has 0 bridgehead atoms. The van der Waals surface area contributed by atoms with Crippen LogP contribution in [-0.4, -0.2) is 55.9 Å². The highest BCUT2D eigenvalue weighted by atomic mass is 35.5. The highest BCUT2D eigenvalue weighted by Crippen LogP contribution is 2.20. The van der Waals surface area contributed by atoms with Gasteiger partial charge in [-0.25, -0.2) is 14.4 Å². The Balaban J connectivity index is 0.000000896. The summed E-state index contributed by atoms with van der Waals surface area (Å²) in [7, 11) is 4.57. The number of nitrogens with zero attached hydrogens (tertiary/aromatic N) is 2. The number of anilines is 1. The third-order valence-corrected chi connectivity index (χ3v) is 2.70. The monoisotopic (exact) mass is 430 g/mol. The second-order valence-corrected chi connectivity index (χ2v) is 5.00. The third kappa shape index (κ3) is 9.40. The zero-order valence-corrected chi connectivity index (χ0v) is 16.4. The van der Waals surface area contributed by atoms with Crippen LogP contribution in [0.3, 0.4) is 0 Å². The van der Waals surface area contributed by atoms with Gasteiger partial charge in [-0.2, -0.15) is 0 Å². The van der Waals surface area contributed by atoms with E-state index in [9.17, 15) is 14.4 Å². The molecule has 146 valence electrons. The fraction of sp³-hybridized carbons (Fsp3) is 0.357. The van der Waals surface area contributed by atoms with Gasteiger partial charge in [0.15, 0.2) is 12.1 Å². The number of urea groups is 1. The summed E-state index contributed by atoms with van der Waals surface area (Å²) in [6.45, 7) is 0. The summed E-state index contributed by atoms with van der Waals surface area (Å²) < 4.78 is 13.4. The number of hydroxylamine groups is 1. The molecule has 1 aromatic rings. The van der Waals surface area contributed by atoms with Crippen molar-refractivity contribution in [3.05, 3.63) is 24.3 Å². The third-order valence-electron chi connectivity index (χ3n) is 2.37. The van der Waals surface area contributed by atoms with Crippen molar-refractivity contribution in [2.45, 2.75) is 0 Å². The number of hydrogen-bond acceptors (Lipinski definition) is 7. The van der Waals surface area contributed by atoms with E-state index < -0.39 is 17.6 Å². The van der Waals surface area contributed by atoms with Crippen molar-refractivity contribution in [3.8, 4) is 5.75 Å². The summed E-state index contributed by atoms with van der Waals surface area (Å²) in [4.78, 5) is 38.9. The number of halogens is 3. The number of carbonyl (C=O) groups excluding carboxylic acids is 3. The summed E-state index contributed by atoms with van der Waals surface area (Å²) >= 11 is 14.8. The molecular formula is C14H17Cl3N2O7. The summed E-state index contributed by atoms with van der Waals surface area (Å²) in [5.74, 6) is 0.606. The highest BCUT2D eigenvalue weighted by Gasteiger charge is 2.23. The first-order valence-electron chi connectivity index (χ1n) is 6.71. The molecule has 1 rings (SSSR count). The van der Waals surface area contributed by atoms with Crippen LogP contribution in [0.15, 0.2) is 24.3 Å². The Hall–Kier alpha value is -2.10. The number of hydrogen-bond donors (Lipinski definition) is 0. The average Bonchev–Trinajstić information content (AvgIpc) is 2.60. The molecule has 26 heavy (non-hydrogen) atoms. The Morgan fingerprint density at radius 1 is 1.00 bits per heavy atom. The van der Waals surface area contributed by atoms with E-state index in [1.54, 1.807) is 24.3 Å². The molecule has 0 fully saturated rings. The van der Waals surface area contributed by atoms with Gasteiger partial charge in [0.25, 0.3) is 0 Å². The lowest BCUT2D eigenvalue weighted by Gasteiger charge is -2.23. The molecule has 0 aliphatic heterocycles. The lowest BCUT2D eigenvalue weighted by Crippen LogP contribution is -2.40. The molecule has 0 aliphatic rings. The molecule has 2 amide bonds. The normalized spacial score (nSPS) is 9.15. The molecular weight excluding hydrogens is 415 g/mol. The molecule has 12 heteroatoms. The first kappa shape index (κ1) is 23.9. The minimum atomic E-state index is -1.08. The lowest BCUT2D eigenvalue weighted by molar-refractivity contribution is 0.0604. The van der Waals surface area contributed by atoms with Gasteiger partial charge >= 0.3 is 17.6 Å². The second-order valence-electron chi connectivity index (χ2n) is 4.26. The van der Waals surface area contributed by atoms with Crippen LogP contribution in [0.25, 0.3) is 0 Å². The van der Waals surface area contributed by atoms with E-state index in [4.69, 9.17) is 32.8 Å². The number of benzene rings is 1. The molecule has 0 aromatic heterocycles. The van der Waals surface area contributed by atoms with Crippen LogP contribution in [0, 0.1) is 0 Å². The predicted molar refractivity (Wildman–Crippen MR) is 95.9 cm³/mol. The molecule has 0 aliphatic carbocycles. The topological polar surface area (TPSA) is 94.6 Å². The van der Waals surface area contributed by atoms with Crippen LogP contribution in [0.5, 0.6) is 5.75 Å². The van der Waals surface area contributed by atoms with Gasteiger partial charge in [-0.15, -0.1) is 5.06 Å². The van der Waals surface area contributed by atoms with Crippen molar-refractivity contribution >= 4 is 58.1 Å². The maximum atomic E-state index is 12.0. The van der Waals surface area contributed by atoms with Crippen LogP contribution in [-0.2, 0) is 14.3 Å². The summed E-state index contributed by atoms with van der Waals surface area (Å²) in [5.41, 5.74) is -0.527. The SMILES string of the molecule is COc1ccc(N(OC(=O)OCCl)C(=O)N(C)C)cc1.O=C(Cl)OCCl. The van der Waals surface area contributed by atoms with Gasteiger partial charge in [0.2, 0.25) is 0 Å². The largest absolute Gasteiger partial charge is 0.535 e. The quantitative estimate of drug-likeness (QED) is 0.308. The van der Waals surface area contributed by atoms with Gasteiger partial charge in [0.05, 0.1) is 12.8 Å². The number of ether oxygens (including phenoxy) is 3. The van der Waals surface area contributed by atoms with Crippen LogP contribution in [0.2, 0.25) is 0 Å². The number of carbonyl (C=O) groups is 3. The maximum Gasteiger partial charge on any atom is 0.535 e. The number of rotatable bonds is 4. The summed E-state index contributed by atoms with van der Waals surface area (Å²) in [6, 6.07) is 5.28. The minimum Gasteiger partial charge on any atom is -0.497 e. The zero-order chi connectivity index (χ0) is 20.1. The summed E-state index contributed by atoms with van der Waals surface area (Å²) in [6.07, 6.45) is -1.08. The summed E-state index contributed by atoms with van der Waals surface area (Å²) in [5, 5.41) is 0.800. The van der Waals surface area contributed by atoms with E-state index in [1.165, 1.54) is 26.1 Å². The zero-order valence-electron chi connectivity index (χ0n) is 14.1. The van der Waals surface area contributed by atoms with Gasteiger partial charge in [-0.3, -0.25) is 4.84 Å². The molecule has 1 aromatic carbocycles. The van der Waals surface area contributed by atoms with E-state index in [1.807, 2.05) is 0 Å². The van der Waals surface area contributed by atoms with Crippen LogP contribution >= 0.6 is 34.8 Å². The Bertz CT molecular complexity index is 584. The molecule has 0 unspecified atom stereocenters. The molecule has 0 spiro atoms. The average molecular weight is 432 g/mol. The highest BCUT2D eigenvalue weighted by molar-refractivity contribution is 6.61. The van der Waals surface area contributed by atoms with Crippen molar-refractivity contribution in [1.29, 1.82) is 0 Å². The minimum absolute atomic E-state index is 0.178. The molecule has 0 saturated carbocycles. The Kier molecular flexibility index (Phi) is 12.1. The molecule has 0 heterocycles. The van der Waals surface area contributed by atoms with Crippen LogP contribution in [0.1, 0.15) is 0 Å². The molecule has 0 N–H and O–H groups in total. The van der Waals surface area contributed by atoms with Crippen molar-refractivity contribution in [2.75, 3.05) is 38.4 Å². The molecule has 0 saturated heterocycles. The van der Waals surface area contributed by atoms with Crippen LogP contribution < -0.4 is 9.80 Å².